The number of hydrogen-bond donors (Lipinski definition) is 0. The van der Waals surface area contributed by atoms with Crippen LogP contribution in [0.3, 0.4) is 0 Å². The summed E-state index contributed by atoms with van der Waals surface area (Å²) in [5.74, 6) is -2.02. The Morgan fingerprint density at radius 1 is 0.857 bits per heavy atom. The van der Waals surface area contributed by atoms with Gasteiger partial charge >= 0.3 is 0 Å². The van der Waals surface area contributed by atoms with Crippen LogP contribution in [-0.2, 0) is 4.74 Å². The molecule has 2 nitrogen and oxygen atoms in total. The van der Waals surface area contributed by atoms with Crippen LogP contribution in [0.15, 0.2) is 79.9 Å². The molecule has 3 aromatic rings. The van der Waals surface area contributed by atoms with Crippen LogP contribution in [0.5, 0.6) is 5.75 Å². The van der Waals surface area contributed by atoms with E-state index in [1.807, 2.05) is 12.1 Å². The van der Waals surface area contributed by atoms with Crippen LogP contribution in [0, 0.1) is 23.4 Å². The van der Waals surface area contributed by atoms with Gasteiger partial charge in [-0.1, -0.05) is 55.1 Å². The normalized spacial score (nSPS) is 17.7. The van der Waals surface area contributed by atoms with Gasteiger partial charge in [-0.25, -0.2) is 8.78 Å². The molecule has 0 spiro atoms. The van der Waals surface area contributed by atoms with Gasteiger partial charge in [0.1, 0.15) is 12.4 Å². The molecular formula is C30H29F3O2. The molecule has 1 fully saturated rings. The van der Waals surface area contributed by atoms with Crippen LogP contribution < -0.4 is 4.74 Å². The Morgan fingerprint density at radius 3 is 2.20 bits per heavy atom. The van der Waals surface area contributed by atoms with E-state index in [9.17, 15) is 8.78 Å². The van der Waals surface area contributed by atoms with Crippen molar-refractivity contribution in [3.05, 3.63) is 103 Å². The van der Waals surface area contributed by atoms with Gasteiger partial charge in [-0.05, 0) is 66.5 Å². The molecule has 0 aromatic heterocycles. The first-order valence-electron chi connectivity index (χ1n) is 11.9. The van der Waals surface area contributed by atoms with Gasteiger partial charge in [-0.2, -0.15) is 4.39 Å². The molecule has 0 radical (unpaired) electrons. The molecule has 2 unspecified atom stereocenters. The first kappa shape index (κ1) is 24.8. The Bertz CT molecular complexity index is 1180. The number of halogens is 3. The summed E-state index contributed by atoms with van der Waals surface area (Å²) in [7, 11) is 0. The van der Waals surface area contributed by atoms with Crippen LogP contribution >= 0.6 is 0 Å². The average Bonchev–Trinajstić information content (AvgIpc) is 2.89. The molecule has 1 aliphatic heterocycles. The molecule has 0 amide bonds. The molecule has 0 N–H and O–H groups in total. The second-order valence-corrected chi connectivity index (χ2v) is 8.79. The zero-order chi connectivity index (χ0) is 24.8. The molecule has 182 valence electrons. The van der Waals surface area contributed by atoms with Crippen LogP contribution in [0.2, 0.25) is 0 Å². The molecular weight excluding hydrogens is 449 g/mol. The molecule has 5 heteroatoms. The molecule has 3 aromatic carbocycles. The fraction of sp³-hybridized carbons (Fsp3) is 0.267. The lowest BCUT2D eigenvalue weighted by Gasteiger charge is -2.29. The van der Waals surface area contributed by atoms with Crippen molar-refractivity contribution in [2.45, 2.75) is 31.8 Å². The summed E-state index contributed by atoms with van der Waals surface area (Å²) in [5.41, 5.74) is 2.52. The van der Waals surface area contributed by atoms with Gasteiger partial charge < -0.3 is 9.47 Å². The van der Waals surface area contributed by atoms with E-state index in [0.717, 1.165) is 31.2 Å². The van der Waals surface area contributed by atoms with Gasteiger partial charge in [0, 0.05) is 11.1 Å². The van der Waals surface area contributed by atoms with E-state index in [1.54, 1.807) is 30.3 Å². The Labute approximate surface area is 204 Å². The van der Waals surface area contributed by atoms with Crippen molar-refractivity contribution >= 4 is 0 Å². The first-order chi connectivity index (χ1) is 17.0. The highest BCUT2D eigenvalue weighted by atomic mass is 19.2. The minimum atomic E-state index is -1.05. The molecule has 35 heavy (non-hydrogen) atoms. The molecule has 2 atom stereocenters. The van der Waals surface area contributed by atoms with Crippen molar-refractivity contribution in [3.8, 4) is 28.0 Å². The monoisotopic (exact) mass is 478 g/mol. The summed E-state index contributed by atoms with van der Waals surface area (Å²) < 4.78 is 55.1. The number of allylic oxidation sites excluding steroid dienone is 1. The zero-order valence-corrected chi connectivity index (χ0v) is 19.6. The van der Waals surface area contributed by atoms with Crippen LogP contribution in [0.4, 0.5) is 13.2 Å². The van der Waals surface area contributed by atoms with E-state index >= 15 is 4.39 Å². The largest absolute Gasteiger partial charge is 0.486 e. The summed E-state index contributed by atoms with van der Waals surface area (Å²) in [6.45, 7) is 8.03. The second-order valence-electron chi connectivity index (χ2n) is 8.79. The maximum atomic E-state index is 15.0. The molecule has 4 rings (SSSR count). The van der Waals surface area contributed by atoms with E-state index < -0.39 is 11.6 Å². The van der Waals surface area contributed by atoms with Crippen LogP contribution in [0.1, 0.15) is 37.4 Å². The predicted molar refractivity (Wildman–Crippen MR) is 134 cm³/mol. The van der Waals surface area contributed by atoms with Crippen LogP contribution in [0.25, 0.3) is 22.3 Å². The topological polar surface area (TPSA) is 18.5 Å². The average molecular weight is 479 g/mol. The number of hydrogen-bond acceptors (Lipinski definition) is 2. The molecule has 1 heterocycles. The third-order valence-corrected chi connectivity index (χ3v) is 6.42. The van der Waals surface area contributed by atoms with Gasteiger partial charge in [-0.15, -0.1) is 6.58 Å². The van der Waals surface area contributed by atoms with Crippen molar-refractivity contribution in [3.63, 3.8) is 0 Å². The Morgan fingerprint density at radius 2 is 1.57 bits per heavy atom. The van der Waals surface area contributed by atoms with Gasteiger partial charge in [-0.3, -0.25) is 0 Å². The summed E-state index contributed by atoms with van der Waals surface area (Å²) in [6, 6.07) is 14.7. The summed E-state index contributed by atoms with van der Waals surface area (Å²) in [5, 5.41) is 0. The fourth-order valence-corrected chi connectivity index (χ4v) is 4.46. The SMILES string of the molecule is C=CCCC1CCC(c2ccc(-c3ccc(-c4ccc(OCC=C)c(F)c4F)cc3)c(F)c2)OC1. The second kappa shape index (κ2) is 11.4. The molecule has 0 saturated carbocycles. The number of rotatable bonds is 9. The maximum Gasteiger partial charge on any atom is 0.201 e. The van der Waals surface area contributed by atoms with E-state index in [2.05, 4.69) is 13.2 Å². The summed E-state index contributed by atoms with van der Waals surface area (Å²) >= 11 is 0. The van der Waals surface area contributed by atoms with Gasteiger partial charge in [0.2, 0.25) is 5.82 Å². The van der Waals surface area contributed by atoms with E-state index in [1.165, 1.54) is 24.3 Å². The predicted octanol–water partition coefficient (Wildman–Crippen LogP) is 8.44. The Kier molecular flexibility index (Phi) is 8.09. The van der Waals surface area contributed by atoms with Crippen molar-refractivity contribution in [2.24, 2.45) is 5.92 Å². The van der Waals surface area contributed by atoms with Crippen LogP contribution in [-0.4, -0.2) is 13.2 Å². The Balaban J connectivity index is 1.48. The highest BCUT2D eigenvalue weighted by Crippen LogP contribution is 2.35. The maximum absolute atomic E-state index is 15.0. The third kappa shape index (κ3) is 5.68. The summed E-state index contributed by atoms with van der Waals surface area (Å²) in [4.78, 5) is 0. The highest BCUT2D eigenvalue weighted by molar-refractivity contribution is 5.71. The standard InChI is InChI=1S/C30H29F3O2/c1-3-5-6-20-7-15-27(35-19-20)23-12-13-24(26(31)18-23)21-8-10-22(11-9-21)25-14-16-28(34-17-4-2)30(33)29(25)32/h3-4,8-14,16,18,20,27H,1-2,5-7,15,17,19H2. The van der Waals surface area contributed by atoms with Crippen molar-refractivity contribution in [1.29, 1.82) is 0 Å². The lowest BCUT2D eigenvalue weighted by atomic mass is 9.91. The minimum Gasteiger partial charge on any atom is -0.486 e. The van der Waals surface area contributed by atoms with E-state index in [4.69, 9.17) is 9.47 Å². The minimum absolute atomic E-state index is 0.0812. The fourth-order valence-electron chi connectivity index (χ4n) is 4.46. The van der Waals surface area contributed by atoms with Gasteiger partial charge in [0.05, 0.1) is 12.7 Å². The van der Waals surface area contributed by atoms with Gasteiger partial charge in [0.25, 0.3) is 0 Å². The molecule has 1 aliphatic rings. The highest BCUT2D eigenvalue weighted by Gasteiger charge is 2.23. The number of ether oxygens (including phenoxy) is 2. The smallest absolute Gasteiger partial charge is 0.201 e. The lowest BCUT2D eigenvalue weighted by molar-refractivity contribution is -0.0191. The third-order valence-electron chi connectivity index (χ3n) is 6.42. The zero-order valence-electron chi connectivity index (χ0n) is 19.6. The summed E-state index contributed by atoms with van der Waals surface area (Å²) in [6.07, 6.45) is 7.27. The van der Waals surface area contributed by atoms with E-state index in [0.29, 0.717) is 29.2 Å². The van der Waals surface area contributed by atoms with Crippen molar-refractivity contribution in [2.75, 3.05) is 13.2 Å². The first-order valence-corrected chi connectivity index (χ1v) is 11.9. The Hall–Kier alpha value is -3.31. The van der Waals surface area contributed by atoms with Crippen molar-refractivity contribution in [1.82, 2.24) is 0 Å². The molecule has 0 bridgehead atoms. The van der Waals surface area contributed by atoms with Crippen molar-refractivity contribution < 1.29 is 22.6 Å². The lowest BCUT2D eigenvalue weighted by Crippen LogP contribution is -2.20. The van der Waals surface area contributed by atoms with E-state index in [-0.39, 0.29) is 29.8 Å². The molecule has 0 aliphatic carbocycles. The quantitative estimate of drug-likeness (QED) is 0.287. The molecule has 1 saturated heterocycles. The number of benzene rings is 3. The van der Waals surface area contributed by atoms with Gasteiger partial charge in [0.15, 0.2) is 11.6 Å².